The fourth-order valence-electron chi connectivity index (χ4n) is 3.06. The Morgan fingerprint density at radius 3 is 2.15 bits per heavy atom. The van der Waals surface area contributed by atoms with E-state index in [0.29, 0.717) is 34.1 Å². The van der Waals surface area contributed by atoms with Crippen LogP contribution in [0.4, 0.5) is 5.69 Å². The largest absolute Gasteiger partial charge is 0.497 e. The Balaban J connectivity index is 1.75. The molecule has 33 heavy (non-hydrogen) atoms. The number of rotatable bonds is 9. The average molecular weight is 447 g/mol. The summed E-state index contributed by atoms with van der Waals surface area (Å²) in [5, 5.41) is 2.77. The van der Waals surface area contributed by atoms with E-state index in [2.05, 4.69) is 5.32 Å². The van der Waals surface area contributed by atoms with Gasteiger partial charge in [-0.1, -0.05) is 36.4 Å². The normalized spacial score (nSPS) is 11.5. The SMILES string of the molecule is COc1ccc(NC(=O)C(OC(=O)/C=C/c2ccc(OC)c(OC)c2)c2ccccc2)cc1. The van der Waals surface area contributed by atoms with Crippen molar-refractivity contribution in [3.05, 3.63) is 90.0 Å². The molecule has 3 aromatic carbocycles. The minimum Gasteiger partial charge on any atom is -0.497 e. The van der Waals surface area contributed by atoms with Crippen LogP contribution < -0.4 is 19.5 Å². The zero-order valence-corrected chi connectivity index (χ0v) is 18.6. The predicted octanol–water partition coefficient (Wildman–Crippen LogP) is 4.65. The number of amides is 1. The van der Waals surface area contributed by atoms with Crippen molar-refractivity contribution in [2.75, 3.05) is 26.6 Å². The first-order valence-electron chi connectivity index (χ1n) is 10.1. The number of anilines is 1. The summed E-state index contributed by atoms with van der Waals surface area (Å²) in [5.74, 6) is 0.646. The van der Waals surface area contributed by atoms with Gasteiger partial charge in [0.2, 0.25) is 6.10 Å². The first kappa shape index (κ1) is 23.4. The maximum atomic E-state index is 13.0. The highest BCUT2D eigenvalue weighted by Gasteiger charge is 2.24. The molecule has 1 amide bonds. The molecular weight excluding hydrogens is 422 g/mol. The maximum Gasteiger partial charge on any atom is 0.331 e. The van der Waals surface area contributed by atoms with Crippen LogP contribution in [0.1, 0.15) is 17.2 Å². The molecule has 1 N–H and O–H groups in total. The van der Waals surface area contributed by atoms with E-state index in [4.69, 9.17) is 18.9 Å². The molecule has 0 aliphatic heterocycles. The third kappa shape index (κ3) is 6.36. The summed E-state index contributed by atoms with van der Waals surface area (Å²) in [4.78, 5) is 25.5. The number of esters is 1. The number of hydrogen-bond acceptors (Lipinski definition) is 6. The summed E-state index contributed by atoms with van der Waals surface area (Å²) in [6.07, 6.45) is 1.71. The van der Waals surface area contributed by atoms with Crippen LogP contribution in [0.2, 0.25) is 0 Å². The Kier molecular flexibility index (Phi) is 8.07. The molecule has 0 radical (unpaired) electrons. The smallest absolute Gasteiger partial charge is 0.331 e. The van der Waals surface area contributed by atoms with Crippen LogP contribution >= 0.6 is 0 Å². The van der Waals surface area contributed by atoms with Crippen LogP contribution in [0.25, 0.3) is 6.08 Å². The minimum absolute atomic E-state index is 0.473. The van der Waals surface area contributed by atoms with Crippen LogP contribution in [-0.4, -0.2) is 33.2 Å². The lowest BCUT2D eigenvalue weighted by atomic mass is 10.1. The molecule has 0 heterocycles. The van der Waals surface area contributed by atoms with E-state index in [1.54, 1.807) is 87.0 Å². The molecule has 0 saturated heterocycles. The average Bonchev–Trinajstić information content (AvgIpc) is 2.86. The predicted molar refractivity (Wildman–Crippen MR) is 125 cm³/mol. The van der Waals surface area contributed by atoms with E-state index in [1.807, 2.05) is 6.07 Å². The van der Waals surface area contributed by atoms with Crippen molar-refractivity contribution < 1.29 is 28.5 Å². The number of methoxy groups -OCH3 is 3. The zero-order chi connectivity index (χ0) is 23.6. The molecule has 1 unspecified atom stereocenters. The number of nitrogens with one attached hydrogen (secondary N) is 1. The van der Waals surface area contributed by atoms with Crippen LogP contribution in [0.3, 0.4) is 0 Å². The molecule has 0 bridgehead atoms. The molecule has 0 spiro atoms. The monoisotopic (exact) mass is 447 g/mol. The van der Waals surface area contributed by atoms with E-state index >= 15 is 0 Å². The Morgan fingerprint density at radius 1 is 0.818 bits per heavy atom. The molecule has 0 aliphatic carbocycles. The van der Waals surface area contributed by atoms with Gasteiger partial charge in [0.25, 0.3) is 5.91 Å². The Labute approximate surface area is 192 Å². The molecule has 3 rings (SSSR count). The number of hydrogen-bond donors (Lipinski definition) is 1. The summed E-state index contributed by atoms with van der Waals surface area (Å²) in [5.41, 5.74) is 1.82. The van der Waals surface area contributed by atoms with E-state index in [-0.39, 0.29) is 0 Å². The van der Waals surface area contributed by atoms with Crippen LogP contribution in [0, 0.1) is 0 Å². The minimum atomic E-state index is -1.13. The fourth-order valence-corrected chi connectivity index (χ4v) is 3.06. The van der Waals surface area contributed by atoms with Crippen molar-refractivity contribution in [3.8, 4) is 17.2 Å². The molecule has 1 atom stereocenters. The maximum absolute atomic E-state index is 13.0. The molecule has 0 aromatic heterocycles. The van der Waals surface area contributed by atoms with Gasteiger partial charge in [-0.2, -0.15) is 0 Å². The van der Waals surface area contributed by atoms with Gasteiger partial charge in [-0.15, -0.1) is 0 Å². The highest BCUT2D eigenvalue weighted by atomic mass is 16.5. The van der Waals surface area contributed by atoms with Gasteiger partial charge >= 0.3 is 5.97 Å². The first-order chi connectivity index (χ1) is 16.0. The number of carbonyl (C=O) groups is 2. The van der Waals surface area contributed by atoms with Gasteiger partial charge < -0.3 is 24.3 Å². The second-order valence-corrected chi connectivity index (χ2v) is 6.89. The first-order valence-corrected chi connectivity index (χ1v) is 10.1. The highest BCUT2D eigenvalue weighted by Crippen LogP contribution is 2.28. The van der Waals surface area contributed by atoms with Crippen molar-refractivity contribution in [2.24, 2.45) is 0 Å². The molecule has 0 fully saturated rings. The Morgan fingerprint density at radius 2 is 1.52 bits per heavy atom. The lowest BCUT2D eigenvalue weighted by Crippen LogP contribution is -2.25. The highest BCUT2D eigenvalue weighted by molar-refractivity contribution is 5.97. The molecule has 0 saturated carbocycles. The van der Waals surface area contributed by atoms with Crippen LogP contribution in [0.5, 0.6) is 17.2 Å². The Bertz CT molecular complexity index is 1110. The van der Waals surface area contributed by atoms with Crippen molar-refractivity contribution in [3.63, 3.8) is 0 Å². The van der Waals surface area contributed by atoms with E-state index < -0.39 is 18.0 Å². The van der Waals surface area contributed by atoms with Crippen molar-refractivity contribution in [1.82, 2.24) is 0 Å². The van der Waals surface area contributed by atoms with Crippen LogP contribution in [-0.2, 0) is 14.3 Å². The van der Waals surface area contributed by atoms with Crippen molar-refractivity contribution >= 4 is 23.6 Å². The van der Waals surface area contributed by atoms with E-state index in [0.717, 1.165) is 0 Å². The third-order valence-corrected chi connectivity index (χ3v) is 4.75. The van der Waals surface area contributed by atoms with E-state index in [9.17, 15) is 9.59 Å². The second kappa shape index (κ2) is 11.4. The standard InChI is InChI=1S/C26H25NO6/c1-30-21-13-11-20(12-14-21)27-26(29)25(19-7-5-4-6-8-19)33-24(28)16-10-18-9-15-22(31-2)23(17-18)32-3/h4-17,25H,1-3H3,(H,27,29)/b16-10+. The van der Waals surface area contributed by atoms with Crippen molar-refractivity contribution in [1.29, 1.82) is 0 Å². The molecule has 170 valence electrons. The molecule has 3 aromatic rings. The third-order valence-electron chi connectivity index (χ3n) is 4.75. The molecule has 7 heteroatoms. The second-order valence-electron chi connectivity index (χ2n) is 6.89. The molecule has 7 nitrogen and oxygen atoms in total. The van der Waals surface area contributed by atoms with Gasteiger partial charge in [-0.25, -0.2) is 4.79 Å². The van der Waals surface area contributed by atoms with E-state index in [1.165, 1.54) is 13.2 Å². The lowest BCUT2D eigenvalue weighted by molar-refractivity contribution is -0.149. The Hall–Kier alpha value is -4.26. The van der Waals surface area contributed by atoms with Gasteiger partial charge in [-0.3, -0.25) is 4.79 Å². The van der Waals surface area contributed by atoms with Gasteiger partial charge in [-0.05, 0) is 48.0 Å². The lowest BCUT2D eigenvalue weighted by Gasteiger charge is -2.17. The summed E-state index contributed by atoms with van der Waals surface area (Å²) < 4.78 is 21.1. The molecule has 0 aliphatic rings. The quantitative estimate of drug-likeness (QED) is 0.380. The number of carbonyl (C=O) groups excluding carboxylic acids is 2. The van der Waals surface area contributed by atoms with Crippen LogP contribution in [0.15, 0.2) is 78.9 Å². The number of benzene rings is 3. The molecular formula is C26H25NO6. The summed E-state index contributed by atoms with van der Waals surface area (Å²) in [6, 6.07) is 20.9. The zero-order valence-electron chi connectivity index (χ0n) is 18.6. The van der Waals surface area contributed by atoms with Gasteiger partial charge in [0.05, 0.1) is 21.3 Å². The van der Waals surface area contributed by atoms with Gasteiger partial charge in [0.15, 0.2) is 11.5 Å². The van der Waals surface area contributed by atoms with Crippen molar-refractivity contribution in [2.45, 2.75) is 6.10 Å². The summed E-state index contributed by atoms with van der Waals surface area (Å²) in [7, 11) is 4.64. The number of ether oxygens (including phenoxy) is 4. The van der Waals surface area contributed by atoms with Gasteiger partial charge in [0, 0.05) is 17.3 Å². The summed E-state index contributed by atoms with van der Waals surface area (Å²) >= 11 is 0. The topological polar surface area (TPSA) is 83.1 Å². The fraction of sp³-hybridized carbons (Fsp3) is 0.154. The summed E-state index contributed by atoms with van der Waals surface area (Å²) in [6.45, 7) is 0. The van der Waals surface area contributed by atoms with Gasteiger partial charge in [0.1, 0.15) is 5.75 Å².